The van der Waals surface area contributed by atoms with Crippen LogP contribution in [0.1, 0.15) is 41.6 Å². The van der Waals surface area contributed by atoms with Gasteiger partial charge in [-0.3, -0.25) is 4.79 Å². The van der Waals surface area contributed by atoms with E-state index in [-0.39, 0.29) is 18.6 Å². The van der Waals surface area contributed by atoms with Crippen LogP contribution in [0.5, 0.6) is 0 Å². The van der Waals surface area contributed by atoms with Crippen molar-refractivity contribution in [1.29, 1.82) is 0 Å². The first kappa shape index (κ1) is 14.5. The highest BCUT2D eigenvalue weighted by molar-refractivity contribution is 9.10. The SMILES string of the molecule is Cc1ccc(Br)cc1C(=O)NC1CCC(CO)CC1. The molecule has 0 bridgehead atoms. The van der Waals surface area contributed by atoms with E-state index in [1.807, 2.05) is 25.1 Å². The maximum Gasteiger partial charge on any atom is 0.251 e. The van der Waals surface area contributed by atoms with Crippen molar-refractivity contribution in [2.24, 2.45) is 5.92 Å². The van der Waals surface area contributed by atoms with Crippen LogP contribution in [0.15, 0.2) is 22.7 Å². The molecule has 4 heteroatoms. The summed E-state index contributed by atoms with van der Waals surface area (Å²) in [5.41, 5.74) is 1.73. The number of hydrogen-bond donors (Lipinski definition) is 2. The van der Waals surface area contributed by atoms with E-state index in [0.29, 0.717) is 5.92 Å². The standard InChI is InChI=1S/C15H20BrNO2/c1-10-2-5-12(16)8-14(10)15(19)17-13-6-3-11(9-18)4-7-13/h2,5,8,11,13,18H,3-4,6-7,9H2,1H3,(H,17,19). The van der Waals surface area contributed by atoms with Gasteiger partial charge in [-0.05, 0) is 56.2 Å². The summed E-state index contributed by atoms with van der Waals surface area (Å²) in [6.07, 6.45) is 3.92. The van der Waals surface area contributed by atoms with Crippen LogP contribution in [0, 0.1) is 12.8 Å². The zero-order valence-electron chi connectivity index (χ0n) is 11.2. The van der Waals surface area contributed by atoms with Crippen molar-refractivity contribution in [2.45, 2.75) is 38.6 Å². The molecule has 0 saturated heterocycles. The fourth-order valence-electron chi connectivity index (χ4n) is 2.59. The van der Waals surface area contributed by atoms with Crippen molar-refractivity contribution in [3.05, 3.63) is 33.8 Å². The molecule has 0 atom stereocenters. The van der Waals surface area contributed by atoms with Gasteiger partial charge in [0.05, 0.1) is 0 Å². The zero-order chi connectivity index (χ0) is 13.8. The van der Waals surface area contributed by atoms with Crippen LogP contribution >= 0.6 is 15.9 Å². The van der Waals surface area contributed by atoms with Gasteiger partial charge in [0.25, 0.3) is 5.91 Å². The number of rotatable bonds is 3. The van der Waals surface area contributed by atoms with Crippen molar-refractivity contribution in [1.82, 2.24) is 5.32 Å². The van der Waals surface area contributed by atoms with Gasteiger partial charge in [-0.2, -0.15) is 0 Å². The Morgan fingerprint density at radius 2 is 2.05 bits per heavy atom. The minimum Gasteiger partial charge on any atom is -0.396 e. The van der Waals surface area contributed by atoms with Crippen molar-refractivity contribution in [2.75, 3.05) is 6.61 Å². The second-order valence-electron chi connectivity index (χ2n) is 5.33. The van der Waals surface area contributed by atoms with Gasteiger partial charge in [0.1, 0.15) is 0 Å². The second-order valence-corrected chi connectivity index (χ2v) is 6.25. The number of aliphatic hydroxyl groups excluding tert-OH is 1. The Balaban J connectivity index is 1.96. The number of aryl methyl sites for hydroxylation is 1. The average Bonchev–Trinajstić information content (AvgIpc) is 2.42. The molecule has 104 valence electrons. The summed E-state index contributed by atoms with van der Waals surface area (Å²) in [6.45, 7) is 2.22. The highest BCUT2D eigenvalue weighted by Crippen LogP contribution is 2.24. The van der Waals surface area contributed by atoms with E-state index in [2.05, 4.69) is 21.2 Å². The topological polar surface area (TPSA) is 49.3 Å². The van der Waals surface area contributed by atoms with E-state index in [9.17, 15) is 4.79 Å². The highest BCUT2D eigenvalue weighted by Gasteiger charge is 2.22. The number of carbonyl (C=O) groups is 1. The van der Waals surface area contributed by atoms with E-state index in [4.69, 9.17) is 5.11 Å². The van der Waals surface area contributed by atoms with E-state index < -0.39 is 0 Å². The lowest BCUT2D eigenvalue weighted by atomic mass is 9.86. The molecule has 2 N–H and O–H groups in total. The summed E-state index contributed by atoms with van der Waals surface area (Å²) in [5.74, 6) is 0.423. The highest BCUT2D eigenvalue weighted by atomic mass is 79.9. The summed E-state index contributed by atoms with van der Waals surface area (Å²) < 4.78 is 0.923. The van der Waals surface area contributed by atoms with Gasteiger partial charge >= 0.3 is 0 Å². The van der Waals surface area contributed by atoms with E-state index in [1.165, 1.54) is 0 Å². The minimum atomic E-state index is 0.00579. The van der Waals surface area contributed by atoms with Gasteiger partial charge in [-0.1, -0.05) is 22.0 Å². The summed E-state index contributed by atoms with van der Waals surface area (Å²) in [7, 11) is 0. The molecule has 1 aromatic rings. The third kappa shape index (κ3) is 3.80. The molecular weight excluding hydrogens is 306 g/mol. The van der Waals surface area contributed by atoms with E-state index in [0.717, 1.165) is 41.3 Å². The van der Waals surface area contributed by atoms with Gasteiger partial charge in [-0.25, -0.2) is 0 Å². The van der Waals surface area contributed by atoms with Crippen LogP contribution < -0.4 is 5.32 Å². The van der Waals surface area contributed by atoms with Gasteiger partial charge in [0.15, 0.2) is 0 Å². The van der Waals surface area contributed by atoms with Crippen molar-refractivity contribution >= 4 is 21.8 Å². The lowest BCUT2D eigenvalue weighted by molar-refractivity contribution is 0.0913. The van der Waals surface area contributed by atoms with Crippen LogP contribution in [0.3, 0.4) is 0 Å². The molecule has 0 aromatic heterocycles. The van der Waals surface area contributed by atoms with Crippen LogP contribution in [-0.4, -0.2) is 23.7 Å². The molecule has 1 aliphatic rings. The molecule has 1 aliphatic carbocycles. The predicted molar refractivity (Wildman–Crippen MR) is 79.2 cm³/mol. The number of halogens is 1. The first-order chi connectivity index (χ1) is 9.10. The van der Waals surface area contributed by atoms with Crippen LogP contribution in [0.25, 0.3) is 0 Å². The smallest absolute Gasteiger partial charge is 0.251 e. The number of aliphatic hydroxyl groups is 1. The lowest BCUT2D eigenvalue weighted by Gasteiger charge is -2.28. The Hall–Kier alpha value is -0.870. The third-order valence-electron chi connectivity index (χ3n) is 3.88. The molecule has 1 fully saturated rings. The Bertz CT molecular complexity index is 453. The fourth-order valence-corrected chi connectivity index (χ4v) is 2.95. The third-order valence-corrected chi connectivity index (χ3v) is 4.38. The Morgan fingerprint density at radius 3 is 2.68 bits per heavy atom. The van der Waals surface area contributed by atoms with Gasteiger partial charge in [0, 0.05) is 22.7 Å². The number of hydrogen-bond acceptors (Lipinski definition) is 2. The number of carbonyl (C=O) groups excluding carboxylic acids is 1. The molecule has 0 radical (unpaired) electrons. The number of benzene rings is 1. The molecule has 0 aliphatic heterocycles. The lowest BCUT2D eigenvalue weighted by Crippen LogP contribution is -2.38. The molecule has 0 heterocycles. The summed E-state index contributed by atoms with van der Waals surface area (Å²) >= 11 is 3.40. The molecule has 3 nitrogen and oxygen atoms in total. The average molecular weight is 326 g/mol. The van der Waals surface area contributed by atoms with E-state index in [1.54, 1.807) is 0 Å². The molecule has 0 spiro atoms. The van der Waals surface area contributed by atoms with Gasteiger partial charge < -0.3 is 10.4 Å². The molecule has 1 amide bonds. The maximum atomic E-state index is 12.3. The molecule has 0 unspecified atom stereocenters. The first-order valence-corrected chi connectivity index (χ1v) is 7.57. The zero-order valence-corrected chi connectivity index (χ0v) is 12.7. The van der Waals surface area contributed by atoms with E-state index >= 15 is 0 Å². The van der Waals surface area contributed by atoms with Gasteiger partial charge in [0.2, 0.25) is 0 Å². The predicted octanol–water partition coefficient (Wildman–Crippen LogP) is 3.04. The molecule has 2 rings (SSSR count). The van der Waals surface area contributed by atoms with Crippen LogP contribution in [0.2, 0.25) is 0 Å². The largest absolute Gasteiger partial charge is 0.396 e. The monoisotopic (exact) mass is 325 g/mol. The Labute approximate surface area is 122 Å². The fraction of sp³-hybridized carbons (Fsp3) is 0.533. The quantitative estimate of drug-likeness (QED) is 0.897. The first-order valence-electron chi connectivity index (χ1n) is 6.78. The van der Waals surface area contributed by atoms with Crippen molar-refractivity contribution < 1.29 is 9.90 Å². The summed E-state index contributed by atoms with van der Waals surface area (Å²) in [5, 5.41) is 12.2. The second kappa shape index (κ2) is 6.53. The van der Waals surface area contributed by atoms with Crippen LogP contribution in [-0.2, 0) is 0 Å². The Morgan fingerprint density at radius 1 is 1.37 bits per heavy atom. The molecular formula is C15H20BrNO2. The van der Waals surface area contributed by atoms with Gasteiger partial charge in [-0.15, -0.1) is 0 Å². The summed E-state index contributed by atoms with van der Waals surface area (Å²) in [6, 6.07) is 6.00. The van der Waals surface area contributed by atoms with Crippen LogP contribution in [0.4, 0.5) is 0 Å². The van der Waals surface area contributed by atoms with Crippen molar-refractivity contribution in [3.63, 3.8) is 0 Å². The minimum absolute atomic E-state index is 0.00579. The molecule has 19 heavy (non-hydrogen) atoms. The van der Waals surface area contributed by atoms with Crippen molar-refractivity contribution in [3.8, 4) is 0 Å². The maximum absolute atomic E-state index is 12.3. The summed E-state index contributed by atoms with van der Waals surface area (Å²) in [4.78, 5) is 12.3. The number of amides is 1. The Kier molecular flexibility index (Phi) is 4.99. The molecule has 1 aromatic carbocycles. The normalized spacial score (nSPS) is 23.1. The number of nitrogens with one attached hydrogen (secondary N) is 1. The molecule has 1 saturated carbocycles.